The first-order valence-electron chi connectivity index (χ1n) is 11.0. The van der Waals surface area contributed by atoms with Gasteiger partial charge in [-0.25, -0.2) is 8.42 Å². The second-order valence-corrected chi connectivity index (χ2v) is 10.5. The van der Waals surface area contributed by atoms with Gasteiger partial charge in [-0.2, -0.15) is 4.31 Å². The van der Waals surface area contributed by atoms with Crippen molar-refractivity contribution in [3.63, 3.8) is 0 Å². The van der Waals surface area contributed by atoms with Gasteiger partial charge in [-0.15, -0.1) is 0 Å². The average molecular weight is 450 g/mol. The smallest absolute Gasteiger partial charge is 0.243 e. The molecule has 32 heavy (non-hydrogen) atoms. The second kappa shape index (κ2) is 7.28. The van der Waals surface area contributed by atoms with E-state index >= 15 is 0 Å². The number of nitrogens with zero attached hydrogens (tertiary/aromatic N) is 3. The summed E-state index contributed by atoms with van der Waals surface area (Å²) in [6.07, 6.45) is 3.88. The zero-order valence-electron chi connectivity index (χ0n) is 17.5. The van der Waals surface area contributed by atoms with Crippen molar-refractivity contribution in [3.05, 3.63) is 59.8 Å². The summed E-state index contributed by atoms with van der Waals surface area (Å²) in [6.45, 7) is 1.37. The molecule has 7 nitrogen and oxygen atoms in total. The first-order valence-corrected chi connectivity index (χ1v) is 12.4. The highest BCUT2D eigenvalue weighted by molar-refractivity contribution is 7.89. The van der Waals surface area contributed by atoms with Gasteiger partial charge in [0, 0.05) is 31.1 Å². The molecule has 4 heterocycles. The number of amides is 1. The predicted molar refractivity (Wildman–Crippen MR) is 120 cm³/mol. The molecule has 0 spiro atoms. The van der Waals surface area contributed by atoms with E-state index in [1.807, 2.05) is 35.2 Å². The molecule has 1 fully saturated rings. The fraction of sp³-hybridized carbons (Fsp3) is 0.333. The van der Waals surface area contributed by atoms with Crippen LogP contribution in [0.4, 0.5) is 5.69 Å². The van der Waals surface area contributed by atoms with E-state index in [2.05, 4.69) is 4.98 Å². The molecular formula is C24H23N3O4S. The number of hydrogen-bond donors (Lipinski definition) is 0. The molecule has 1 amide bonds. The summed E-state index contributed by atoms with van der Waals surface area (Å²) in [4.78, 5) is 18.7. The van der Waals surface area contributed by atoms with Gasteiger partial charge in [-0.05, 0) is 54.7 Å². The number of aromatic nitrogens is 1. The van der Waals surface area contributed by atoms with Gasteiger partial charge in [-0.1, -0.05) is 18.2 Å². The third-order valence-electron chi connectivity index (χ3n) is 6.66. The van der Waals surface area contributed by atoms with Gasteiger partial charge in [0.05, 0.1) is 17.1 Å². The summed E-state index contributed by atoms with van der Waals surface area (Å²) in [5.41, 5.74) is 3.65. The summed E-state index contributed by atoms with van der Waals surface area (Å²) in [6, 6.07) is 13.2. The van der Waals surface area contributed by atoms with Crippen LogP contribution >= 0.6 is 0 Å². The lowest BCUT2D eigenvalue weighted by Crippen LogP contribution is -2.33. The van der Waals surface area contributed by atoms with Crippen LogP contribution in [0.3, 0.4) is 0 Å². The minimum atomic E-state index is -3.63. The molecular weight excluding hydrogens is 426 g/mol. The Hall–Kier alpha value is -2.97. The lowest BCUT2D eigenvalue weighted by molar-refractivity contribution is -0.118. The number of carbonyl (C=O) groups excluding carboxylic acids is 1. The molecule has 3 aliphatic rings. The Bertz CT molecular complexity index is 1350. The topological polar surface area (TPSA) is 79.8 Å². The van der Waals surface area contributed by atoms with E-state index in [0.29, 0.717) is 56.0 Å². The molecule has 3 aromatic rings. The Morgan fingerprint density at radius 1 is 1.00 bits per heavy atom. The van der Waals surface area contributed by atoms with E-state index in [-0.39, 0.29) is 12.0 Å². The first kappa shape index (κ1) is 19.7. The van der Waals surface area contributed by atoms with Crippen molar-refractivity contribution in [2.75, 3.05) is 24.5 Å². The van der Waals surface area contributed by atoms with E-state index in [1.54, 1.807) is 18.3 Å². The van der Waals surface area contributed by atoms with Gasteiger partial charge in [-0.3, -0.25) is 9.78 Å². The number of carbonyl (C=O) groups is 1. The van der Waals surface area contributed by atoms with Crippen molar-refractivity contribution < 1.29 is 17.9 Å². The van der Waals surface area contributed by atoms with Crippen LogP contribution < -0.4 is 9.64 Å². The molecule has 0 saturated carbocycles. The van der Waals surface area contributed by atoms with Crippen LogP contribution in [0, 0.1) is 0 Å². The van der Waals surface area contributed by atoms with Crippen molar-refractivity contribution >= 4 is 32.5 Å². The Morgan fingerprint density at radius 2 is 1.81 bits per heavy atom. The molecule has 1 unspecified atom stereocenters. The van der Waals surface area contributed by atoms with Crippen LogP contribution in [0.2, 0.25) is 0 Å². The minimum absolute atomic E-state index is 0.134. The number of rotatable bonds is 4. The molecule has 1 aromatic heterocycles. The van der Waals surface area contributed by atoms with E-state index < -0.39 is 10.0 Å². The normalized spacial score (nSPS) is 20.7. The Morgan fingerprint density at radius 3 is 2.69 bits per heavy atom. The summed E-state index contributed by atoms with van der Waals surface area (Å²) in [7, 11) is -3.63. The van der Waals surface area contributed by atoms with Crippen LogP contribution in [0.5, 0.6) is 5.75 Å². The van der Waals surface area contributed by atoms with Crippen LogP contribution in [0.15, 0.2) is 53.6 Å². The monoisotopic (exact) mass is 449 g/mol. The van der Waals surface area contributed by atoms with E-state index in [1.165, 1.54) is 4.31 Å². The van der Waals surface area contributed by atoms with E-state index in [4.69, 9.17) is 4.74 Å². The minimum Gasteiger partial charge on any atom is -0.487 e. The number of hydrogen-bond acceptors (Lipinski definition) is 5. The molecule has 0 N–H and O–H groups in total. The number of ether oxygens (including phenoxy) is 1. The largest absolute Gasteiger partial charge is 0.487 e. The number of pyridine rings is 1. The fourth-order valence-electron chi connectivity index (χ4n) is 5.09. The van der Waals surface area contributed by atoms with Gasteiger partial charge < -0.3 is 9.64 Å². The van der Waals surface area contributed by atoms with Gasteiger partial charge in [0.25, 0.3) is 0 Å². The maximum absolute atomic E-state index is 13.5. The van der Waals surface area contributed by atoms with Gasteiger partial charge >= 0.3 is 0 Å². The maximum Gasteiger partial charge on any atom is 0.243 e. The molecule has 8 heteroatoms. The molecule has 164 valence electrons. The van der Waals surface area contributed by atoms with Crippen molar-refractivity contribution in [2.45, 2.75) is 36.7 Å². The summed E-state index contributed by atoms with van der Waals surface area (Å²) in [5.74, 6) is 0.813. The molecule has 2 aromatic carbocycles. The molecule has 0 bridgehead atoms. The average Bonchev–Trinajstić information content (AvgIpc) is 3.45. The summed E-state index contributed by atoms with van der Waals surface area (Å²) >= 11 is 0. The highest BCUT2D eigenvalue weighted by Gasteiger charge is 2.37. The van der Waals surface area contributed by atoms with Crippen LogP contribution in [0.1, 0.15) is 24.0 Å². The fourth-order valence-corrected chi connectivity index (χ4v) is 6.68. The van der Waals surface area contributed by atoms with Crippen LogP contribution in [-0.4, -0.2) is 49.4 Å². The third-order valence-corrected chi connectivity index (χ3v) is 8.50. The van der Waals surface area contributed by atoms with Gasteiger partial charge in [0.1, 0.15) is 17.4 Å². The first-order chi connectivity index (χ1) is 15.5. The van der Waals surface area contributed by atoms with Gasteiger partial charge in [0.15, 0.2) is 0 Å². The molecule has 1 atom stereocenters. The van der Waals surface area contributed by atoms with Crippen molar-refractivity contribution in [2.24, 2.45) is 0 Å². The molecule has 6 rings (SSSR count). The number of sulfonamides is 1. The number of anilines is 1. The van der Waals surface area contributed by atoms with Crippen molar-refractivity contribution in [3.8, 4) is 5.75 Å². The SMILES string of the molecule is O=C1CCc2cc(S(=O)(=O)N3CCC(Oc4cccc5cccnc45)C3)cc3c2N1CC3. The number of para-hydroxylation sites is 1. The van der Waals surface area contributed by atoms with Crippen molar-refractivity contribution in [1.29, 1.82) is 0 Å². The highest BCUT2D eigenvalue weighted by atomic mass is 32.2. The van der Waals surface area contributed by atoms with E-state index in [0.717, 1.165) is 27.7 Å². The summed E-state index contributed by atoms with van der Waals surface area (Å²) in [5, 5.41) is 0.993. The van der Waals surface area contributed by atoms with E-state index in [9.17, 15) is 13.2 Å². The quantitative estimate of drug-likeness (QED) is 0.612. The zero-order chi connectivity index (χ0) is 21.9. The standard InChI is InChI=1S/C24H23N3O4S/c28-22-7-6-17-13-20(14-18-8-12-27(22)24(17)18)32(29,30)26-11-9-19(15-26)31-21-5-1-3-16-4-2-10-25-23(16)21/h1-5,10,13-14,19H,6-9,11-12,15H2. The Kier molecular flexibility index (Phi) is 4.48. The molecule has 0 aliphatic carbocycles. The number of benzene rings is 2. The lowest BCUT2D eigenvalue weighted by atomic mass is 10.00. The molecule has 1 saturated heterocycles. The number of fused-ring (bicyclic) bond motifs is 1. The lowest BCUT2D eigenvalue weighted by Gasteiger charge is -2.26. The maximum atomic E-state index is 13.5. The second-order valence-electron chi connectivity index (χ2n) is 8.61. The molecule has 0 radical (unpaired) electrons. The predicted octanol–water partition coefficient (Wildman–Crippen LogP) is 2.91. The summed E-state index contributed by atoms with van der Waals surface area (Å²) < 4.78 is 34.6. The third kappa shape index (κ3) is 3.09. The van der Waals surface area contributed by atoms with Crippen LogP contribution in [0.25, 0.3) is 10.9 Å². The highest BCUT2D eigenvalue weighted by Crippen LogP contribution is 2.39. The van der Waals surface area contributed by atoms with Gasteiger partial charge in [0.2, 0.25) is 15.9 Å². The van der Waals surface area contributed by atoms with Crippen molar-refractivity contribution in [1.82, 2.24) is 9.29 Å². The Labute approximate surface area is 186 Å². The molecule has 3 aliphatic heterocycles. The number of aryl methyl sites for hydroxylation is 1. The Balaban J connectivity index is 1.25. The van der Waals surface area contributed by atoms with Crippen LogP contribution in [-0.2, 0) is 27.7 Å². The zero-order valence-corrected chi connectivity index (χ0v) is 18.3.